The second kappa shape index (κ2) is 35.8. The van der Waals surface area contributed by atoms with Crippen LogP contribution >= 0.6 is 0 Å². The van der Waals surface area contributed by atoms with E-state index in [4.69, 9.17) is 15.1 Å². The minimum Gasteiger partial charge on any atom is -0.391 e. The highest BCUT2D eigenvalue weighted by Gasteiger charge is 2.37. The van der Waals surface area contributed by atoms with Crippen molar-refractivity contribution in [2.24, 2.45) is 0 Å². The van der Waals surface area contributed by atoms with E-state index in [-0.39, 0.29) is 82.4 Å². The highest BCUT2D eigenvalue weighted by atomic mass is 19.2. The number of hydrogen-bond donors (Lipinski definition) is 8. The van der Waals surface area contributed by atoms with Gasteiger partial charge >= 0.3 is 24.1 Å². The third-order valence-electron chi connectivity index (χ3n) is 22.2. The first-order valence-corrected chi connectivity index (χ1v) is 39.9. The Balaban J connectivity index is 0.000000126. The summed E-state index contributed by atoms with van der Waals surface area (Å²) < 4.78 is 211. The van der Waals surface area contributed by atoms with E-state index in [9.17, 15) is 74.7 Å². The summed E-state index contributed by atoms with van der Waals surface area (Å²) in [5.41, 5.74) is 1.87. The van der Waals surface area contributed by atoms with Crippen molar-refractivity contribution < 1.29 is 89.8 Å². The molecular formula is C84H88F8N24O8. The molecule has 124 heavy (non-hydrogen) atoms. The number of rotatable bonds is 12. The van der Waals surface area contributed by atoms with Crippen LogP contribution in [0.1, 0.15) is 138 Å². The maximum Gasteiger partial charge on any atom is 0.322 e. The average molecular weight is 1720 g/mol. The third-order valence-corrected chi connectivity index (χ3v) is 22.2. The lowest BCUT2D eigenvalue weighted by Crippen LogP contribution is -2.33. The van der Waals surface area contributed by atoms with Crippen LogP contribution in [0.2, 0.25) is 0 Å². The molecule has 8 saturated heterocycles. The molecule has 4 aromatic carbocycles. The number of aliphatic hydroxyl groups is 4. The fourth-order valence-electron chi connectivity index (χ4n) is 16.2. The Bertz CT molecular complexity index is 6580. The SMILES string of the molecule is O=C(Nc1cnn2ccc(N3CCC[C@@H]3c3cc(F)ccc3F)nc12)N1CC[C@H](O)C1.[2H]C1([2H])C[C@H](O)C([2H])([2H])N1C(=O)Nc1cnn2ccc(N3C([2H])([2H])CC([2H])([2H])[C@]3([2H])c3cc(F)ccc3F)nc12.[2H]c1cc(N2CCC[C@@H]2c2cc(F)ccc2F)nc2c(NC(=O)N3CC[C@H](O)C3)cnn12.[2H]c1cn2ncc(NC(=O)N3CC[C@H](O)C3)c2nc1N1CCC[C@@H]1c1cc(F)ccc1F. The van der Waals surface area contributed by atoms with Crippen LogP contribution in [-0.4, -0.2) is 225 Å². The normalized spacial score (nSPS) is 24.8. The molecule has 8 amide bonds. The van der Waals surface area contributed by atoms with Gasteiger partial charge in [-0.25, -0.2) is 92.3 Å². The largest absolute Gasteiger partial charge is 0.391 e. The fraction of sp³-hybridized carbons (Fsp3) is 0.381. The Labute approximate surface area is 718 Å². The summed E-state index contributed by atoms with van der Waals surface area (Å²) in [6.07, 6.45) is 8.10. The first kappa shape index (κ1) is 70.5. The van der Waals surface area contributed by atoms with Crippen LogP contribution in [-0.2, 0) is 0 Å². The van der Waals surface area contributed by atoms with E-state index < -0.39 is 145 Å². The molecule has 0 saturated carbocycles. The molecule has 0 bridgehead atoms. The molecule has 0 aliphatic carbocycles. The fourth-order valence-corrected chi connectivity index (χ4v) is 16.2. The van der Waals surface area contributed by atoms with Gasteiger partial charge in [0.05, 0.1) is 80.2 Å². The number of fused-ring (bicyclic) bond motifs is 4. The maximum atomic E-state index is 14.9. The van der Waals surface area contributed by atoms with Crippen LogP contribution in [0.4, 0.5) is 100 Å². The zero-order chi connectivity index (χ0) is 96.0. The average Bonchev–Trinajstić information content (AvgIpc) is 1.49. The van der Waals surface area contributed by atoms with Crippen molar-refractivity contribution in [1.82, 2.24) is 78.0 Å². The van der Waals surface area contributed by atoms with Gasteiger partial charge in [0.2, 0.25) is 0 Å². The Hall–Kier alpha value is -13.1. The van der Waals surface area contributed by atoms with Gasteiger partial charge in [0.1, 0.15) is 92.6 Å². The van der Waals surface area contributed by atoms with Crippen LogP contribution in [0, 0.1) is 46.5 Å². The number of aromatic nitrogens is 12. The lowest BCUT2D eigenvalue weighted by Gasteiger charge is -2.26. The Morgan fingerprint density at radius 3 is 1.14 bits per heavy atom. The zero-order valence-corrected chi connectivity index (χ0v) is 65.8. The smallest absolute Gasteiger partial charge is 0.322 e. The van der Waals surface area contributed by atoms with Crippen molar-refractivity contribution in [3.05, 3.63) is 215 Å². The molecule has 8 fully saturated rings. The number of carbonyl (C=O) groups excluding carboxylic acids is 4. The molecule has 648 valence electrons. The minimum absolute atomic E-state index is 0.0486. The number of aliphatic hydroxyl groups excluding tert-OH is 4. The molecule has 8 aromatic heterocycles. The van der Waals surface area contributed by atoms with E-state index in [2.05, 4.69) is 61.6 Å². The summed E-state index contributed by atoms with van der Waals surface area (Å²) in [5, 5.41) is 66.0. The summed E-state index contributed by atoms with van der Waals surface area (Å²) in [6.45, 7) is -3.98. The molecule has 8 atom stereocenters. The van der Waals surface area contributed by atoms with Crippen LogP contribution in [0.25, 0.3) is 22.6 Å². The molecule has 12 aromatic rings. The molecule has 0 radical (unpaired) electrons. The summed E-state index contributed by atoms with van der Waals surface area (Å²) in [5.74, 6) is -4.08. The molecule has 8 aliphatic heterocycles. The second-order valence-electron chi connectivity index (χ2n) is 30.4. The number of benzene rings is 4. The van der Waals surface area contributed by atoms with Gasteiger partial charge in [-0.1, -0.05) is 0 Å². The monoisotopic (exact) mass is 1720 g/mol. The van der Waals surface area contributed by atoms with Gasteiger partial charge in [-0.3, -0.25) is 0 Å². The zero-order valence-electron chi connectivity index (χ0n) is 76.8. The number of nitrogens with zero attached hydrogens (tertiary/aromatic N) is 20. The van der Waals surface area contributed by atoms with E-state index in [1.165, 1.54) is 80.1 Å². The van der Waals surface area contributed by atoms with E-state index in [0.717, 1.165) is 72.4 Å². The predicted molar refractivity (Wildman–Crippen MR) is 440 cm³/mol. The highest BCUT2D eigenvalue weighted by molar-refractivity contribution is 5.96. The Morgan fingerprint density at radius 2 is 0.734 bits per heavy atom. The topological polar surface area (TPSA) is 344 Å². The summed E-state index contributed by atoms with van der Waals surface area (Å²) in [7, 11) is 0. The van der Waals surface area contributed by atoms with Crippen LogP contribution < -0.4 is 40.9 Å². The molecule has 8 aliphatic rings. The molecule has 32 nitrogen and oxygen atoms in total. The molecule has 0 spiro atoms. The van der Waals surface area contributed by atoms with Crippen molar-refractivity contribution in [3.63, 3.8) is 0 Å². The molecule has 16 heterocycles. The number of anilines is 8. The number of β-amino-alcohol motifs (C(OH)–C–C–N with tert-alkyl or cyclic N) is 4. The quantitative estimate of drug-likeness (QED) is 0.0527. The van der Waals surface area contributed by atoms with Gasteiger partial charge in [0.15, 0.2) is 22.6 Å². The number of carbonyl (C=O) groups is 4. The van der Waals surface area contributed by atoms with Crippen molar-refractivity contribution in [2.45, 2.75) is 126 Å². The Kier molecular flexibility index (Phi) is 20.3. The minimum atomic E-state index is -2.84. The van der Waals surface area contributed by atoms with Gasteiger partial charge in [0.25, 0.3) is 0 Å². The number of halogens is 8. The standard InChI is InChI=1S/4C21H22F2N6O2/c4*22-13-3-4-16(23)15(10-13)18-2-1-7-28(18)19-6-9-29-20(26-19)17(11-24-29)25-21(31)27-8-5-14(30)12-27/h4*3-4,6,9-11,14,18,30H,1-2,5,7-8,12H2,(H,25,31)/t4*14-,18+/m0000/s1/i2D2,7D2,8D2,12D2,18D;9D;6D;. The van der Waals surface area contributed by atoms with Crippen molar-refractivity contribution in [3.8, 4) is 0 Å². The summed E-state index contributed by atoms with van der Waals surface area (Å²) in [4.78, 5) is 79.5. The number of hydrogen-bond acceptors (Lipinski definition) is 20. The third kappa shape index (κ3) is 17.8. The highest BCUT2D eigenvalue weighted by Crippen LogP contribution is 2.43. The van der Waals surface area contributed by atoms with Crippen LogP contribution in [0.3, 0.4) is 0 Å². The van der Waals surface area contributed by atoms with E-state index in [0.29, 0.717) is 153 Å². The van der Waals surface area contributed by atoms with E-state index in [1.54, 1.807) is 26.6 Å². The maximum absolute atomic E-state index is 14.9. The van der Waals surface area contributed by atoms with E-state index >= 15 is 0 Å². The van der Waals surface area contributed by atoms with Crippen LogP contribution in [0.5, 0.6) is 0 Å². The summed E-state index contributed by atoms with van der Waals surface area (Å²) >= 11 is 0. The molecule has 40 heteroatoms. The number of urea groups is 4. The number of amides is 8. The first-order valence-electron chi connectivity index (χ1n) is 45.4. The lowest BCUT2D eigenvalue weighted by atomic mass is 10.0. The molecular weight excluding hydrogens is 1630 g/mol. The van der Waals surface area contributed by atoms with Gasteiger partial charge in [-0.15, -0.1) is 0 Å². The second-order valence-corrected chi connectivity index (χ2v) is 30.4. The van der Waals surface area contributed by atoms with Gasteiger partial charge in [0, 0.05) is 134 Å². The van der Waals surface area contributed by atoms with Gasteiger partial charge < -0.3 is 80.9 Å². The van der Waals surface area contributed by atoms with Crippen molar-refractivity contribution in [2.75, 3.05) is 119 Å². The molecule has 0 unspecified atom stereocenters. The van der Waals surface area contributed by atoms with Crippen LogP contribution in [0.15, 0.2) is 147 Å². The van der Waals surface area contributed by atoms with E-state index in [1.807, 2.05) is 9.80 Å². The van der Waals surface area contributed by atoms with Gasteiger partial charge in [-0.05, 0) is 174 Å². The predicted octanol–water partition coefficient (Wildman–Crippen LogP) is 11.8. The van der Waals surface area contributed by atoms with Crippen molar-refractivity contribution >= 4 is 92.7 Å². The van der Waals surface area contributed by atoms with Gasteiger partial charge in [-0.2, -0.15) is 20.4 Å². The lowest BCUT2D eigenvalue weighted by molar-refractivity contribution is 0.176. The number of nitrogens with one attached hydrogen (secondary N) is 4. The number of likely N-dealkylation sites (tertiary alicyclic amines) is 4. The Morgan fingerprint density at radius 1 is 0.379 bits per heavy atom. The molecule has 8 N–H and O–H groups in total. The molecule has 20 rings (SSSR count). The van der Waals surface area contributed by atoms with Crippen molar-refractivity contribution in [1.29, 1.82) is 0 Å². The first-order chi connectivity index (χ1) is 64.1. The summed E-state index contributed by atoms with van der Waals surface area (Å²) in [6, 6.07) is 10.6.